The number of rotatable bonds is 6. The molecule has 1 aliphatic heterocycles. The number of fused-ring (bicyclic) bond motifs is 1. The first-order valence-electron chi connectivity index (χ1n) is 12.8. The number of piperazine rings is 1. The molecular formula is C27H23F6N5O5. The van der Waals surface area contributed by atoms with Gasteiger partial charge in [-0.3, -0.25) is 4.79 Å². The third-order valence-corrected chi connectivity index (χ3v) is 6.99. The number of nitrogens with zero attached hydrogens (tertiary/aromatic N) is 5. The van der Waals surface area contributed by atoms with Crippen LogP contribution in [-0.4, -0.2) is 80.1 Å². The third-order valence-electron chi connectivity index (χ3n) is 6.99. The van der Waals surface area contributed by atoms with E-state index in [4.69, 9.17) is 9.63 Å². The molecule has 0 radical (unpaired) electrons. The molecule has 1 saturated heterocycles. The highest BCUT2D eigenvalue weighted by molar-refractivity contribution is 5.94. The van der Waals surface area contributed by atoms with E-state index in [-0.39, 0.29) is 55.9 Å². The fraction of sp³-hybridized carbons (Fsp3) is 0.333. The first-order valence-corrected chi connectivity index (χ1v) is 12.8. The second-order valence-corrected chi connectivity index (χ2v) is 9.77. The van der Waals surface area contributed by atoms with Gasteiger partial charge in [-0.2, -0.15) is 31.3 Å². The van der Waals surface area contributed by atoms with E-state index in [0.717, 1.165) is 12.1 Å². The van der Waals surface area contributed by atoms with E-state index >= 15 is 0 Å². The van der Waals surface area contributed by atoms with Gasteiger partial charge in [-0.05, 0) is 37.3 Å². The largest absolute Gasteiger partial charge is 0.481 e. The van der Waals surface area contributed by atoms with Crippen LogP contribution in [0.4, 0.5) is 31.1 Å². The third kappa shape index (κ3) is 6.22. The molecule has 10 nitrogen and oxygen atoms in total. The van der Waals surface area contributed by atoms with E-state index in [1.807, 2.05) is 0 Å². The summed E-state index contributed by atoms with van der Waals surface area (Å²) in [6, 6.07) is 9.24. The molecule has 0 unspecified atom stereocenters. The molecule has 1 N–H and O–H groups in total. The van der Waals surface area contributed by atoms with Crippen molar-refractivity contribution in [2.24, 2.45) is 0 Å². The molecule has 3 heterocycles. The van der Waals surface area contributed by atoms with Crippen LogP contribution in [0.5, 0.6) is 5.75 Å². The summed E-state index contributed by atoms with van der Waals surface area (Å²) in [5.74, 6) is -1.46. The van der Waals surface area contributed by atoms with E-state index in [1.54, 1.807) is 39.9 Å². The minimum Gasteiger partial charge on any atom is -0.481 e. The molecular weight excluding hydrogens is 588 g/mol. The topological polar surface area (TPSA) is 114 Å². The number of amides is 2. The van der Waals surface area contributed by atoms with Crippen LogP contribution in [0.3, 0.4) is 0 Å². The van der Waals surface area contributed by atoms with E-state index in [1.165, 1.54) is 4.90 Å². The number of alkyl halides is 6. The highest BCUT2D eigenvalue weighted by Crippen LogP contribution is 2.40. The van der Waals surface area contributed by atoms with Crippen molar-refractivity contribution < 1.29 is 50.3 Å². The summed E-state index contributed by atoms with van der Waals surface area (Å²) in [6.45, 7) is 1.55. The normalized spacial score (nSPS) is 15.1. The summed E-state index contributed by atoms with van der Waals surface area (Å²) < 4.78 is 91.3. The molecule has 1 fully saturated rings. The summed E-state index contributed by atoms with van der Waals surface area (Å²) in [6.07, 6.45) is -11.7. The Labute approximate surface area is 239 Å². The van der Waals surface area contributed by atoms with Gasteiger partial charge in [0.25, 0.3) is 5.89 Å². The Kier molecular flexibility index (Phi) is 7.70. The van der Waals surface area contributed by atoms with Gasteiger partial charge in [0.15, 0.2) is 6.10 Å². The molecule has 16 heteroatoms. The Morgan fingerprint density at radius 3 is 2.37 bits per heavy atom. The van der Waals surface area contributed by atoms with Crippen molar-refractivity contribution in [3.8, 4) is 28.6 Å². The molecule has 0 spiro atoms. The minimum atomic E-state index is -5.03. The van der Waals surface area contributed by atoms with E-state index in [9.17, 15) is 35.9 Å². The zero-order valence-corrected chi connectivity index (χ0v) is 22.3. The zero-order chi connectivity index (χ0) is 31.1. The number of carbonyl (C=O) groups excluding carboxylic acids is 1. The smallest absolute Gasteiger partial charge is 0.425 e. The Balaban J connectivity index is 1.38. The summed E-state index contributed by atoms with van der Waals surface area (Å²) in [5, 5.41) is 13.6. The lowest BCUT2D eigenvalue weighted by molar-refractivity contribution is -0.191. The van der Waals surface area contributed by atoms with Gasteiger partial charge in [-0.15, -0.1) is 0 Å². The van der Waals surface area contributed by atoms with Crippen molar-refractivity contribution in [1.82, 2.24) is 24.5 Å². The summed E-state index contributed by atoms with van der Waals surface area (Å²) in [7, 11) is 0. The molecule has 43 heavy (non-hydrogen) atoms. The van der Waals surface area contributed by atoms with Crippen molar-refractivity contribution >= 4 is 22.9 Å². The minimum absolute atomic E-state index is 0.0148. The average molecular weight is 611 g/mol. The SMILES string of the molecule is C[C@H](Oc1ccc(-c2nc(-c3cccc4c3ccn4CC(=O)N3CCN(C(=O)O)CC3)no2)cc1C(F)(F)F)C(F)(F)F. The van der Waals surface area contributed by atoms with Crippen molar-refractivity contribution in [1.29, 1.82) is 0 Å². The highest BCUT2D eigenvalue weighted by Gasteiger charge is 2.41. The number of carbonyl (C=O) groups is 2. The van der Waals surface area contributed by atoms with Crippen LogP contribution in [0.15, 0.2) is 53.2 Å². The highest BCUT2D eigenvalue weighted by atomic mass is 19.4. The zero-order valence-electron chi connectivity index (χ0n) is 22.3. The average Bonchev–Trinajstić information content (AvgIpc) is 3.60. The molecule has 2 aromatic carbocycles. The Morgan fingerprint density at radius 1 is 1.02 bits per heavy atom. The maximum atomic E-state index is 13.7. The maximum Gasteiger partial charge on any atom is 0.425 e. The monoisotopic (exact) mass is 611 g/mol. The van der Waals surface area contributed by atoms with Gasteiger partial charge in [-0.25, -0.2) is 4.79 Å². The predicted octanol–water partition coefficient (Wildman–Crippen LogP) is 5.53. The van der Waals surface area contributed by atoms with Gasteiger partial charge in [0.1, 0.15) is 12.3 Å². The van der Waals surface area contributed by atoms with Crippen LogP contribution in [0, 0.1) is 0 Å². The van der Waals surface area contributed by atoms with Crippen molar-refractivity contribution in [3.63, 3.8) is 0 Å². The number of ether oxygens (including phenoxy) is 1. The number of halogens is 6. The van der Waals surface area contributed by atoms with Crippen molar-refractivity contribution in [3.05, 3.63) is 54.2 Å². The molecule has 0 bridgehead atoms. The number of carboxylic acid groups (broad SMARTS) is 1. The van der Waals surface area contributed by atoms with E-state index in [2.05, 4.69) is 14.9 Å². The molecule has 2 aromatic heterocycles. The Hall–Kier alpha value is -4.76. The summed E-state index contributed by atoms with van der Waals surface area (Å²) in [4.78, 5) is 31.0. The van der Waals surface area contributed by atoms with Gasteiger partial charge in [0.05, 0.1) is 5.56 Å². The molecule has 1 aliphatic rings. The van der Waals surface area contributed by atoms with E-state index in [0.29, 0.717) is 29.5 Å². The fourth-order valence-corrected chi connectivity index (χ4v) is 4.64. The molecule has 0 saturated carbocycles. The van der Waals surface area contributed by atoms with Crippen molar-refractivity contribution in [2.75, 3.05) is 26.2 Å². The van der Waals surface area contributed by atoms with Crippen LogP contribution >= 0.6 is 0 Å². The predicted molar refractivity (Wildman–Crippen MR) is 138 cm³/mol. The molecule has 4 aromatic rings. The second kappa shape index (κ2) is 11.1. The molecule has 0 aliphatic carbocycles. The first kappa shape index (κ1) is 29.7. The first-order chi connectivity index (χ1) is 20.2. The van der Waals surface area contributed by atoms with Gasteiger partial charge in [-0.1, -0.05) is 17.3 Å². The van der Waals surface area contributed by atoms with Crippen LogP contribution in [0.2, 0.25) is 0 Å². The number of aromatic nitrogens is 3. The number of hydrogen-bond donors (Lipinski definition) is 1. The summed E-state index contributed by atoms with van der Waals surface area (Å²) >= 11 is 0. The quantitative estimate of drug-likeness (QED) is 0.285. The fourth-order valence-electron chi connectivity index (χ4n) is 4.64. The standard InChI is InChI=1S/C27H23F6N5O5/c1-15(26(28,29)30)42-21-6-5-16(13-19(21)27(31,32)33)24-34-23(35-43-24)18-3-2-4-20-17(18)7-8-38(20)14-22(39)36-9-11-37(12-10-36)25(40)41/h2-8,13,15H,9-12,14H2,1H3,(H,40,41)/t15-/m0/s1. The Bertz CT molecular complexity index is 1660. The van der Waals surface area contributed by atoms with Crippen molar-refractivity contribution in [2.45, 2.75) is 31.9 Å². The van der Waals surface area contributed by atoms with Gasteiger partial charge in [0, 0.05) is 54.4 Å². The lowest BCUT2D eigenvalue weighted by Gasteiger charge is -2.33. The second-order valence-electron chi connectivity index (χ2n) is 9.77. The van der Waals surface area contributed by atoms with Gasteiger partial charge in [0.2, 0.25) is 11.7 Å². The number of hydrogen-bond acceptors (Lipinski definition) is 6. The lowest BCUT2D eigenvalue weighted by atomic mass is 10.1. The molecule has 228 valence electrons. The molecule has 2 amide bonds. The van der Waals surface area contributed by atoms with Crippen LogP contribution in [-0.2, 0) is 17.5 Å². The lowest BCUT2D eigenvalue weighted by Crippen LogP contribution is -2.50. The maximum absolute atomic E-state index is 13.7. The van der Waals surface area contributed by atoms with Crippen LogP contribution in [0.25, 0.3) is 33.7 Å². The van der Waals surface area contributed by atoms with Crippen LogP contribution < -0.4 is 4.74 Å². The molecule has 5 rings (SSSR count). The Morgan fingerprint density at radius 2 is 1.72 bits per heavy atom. The van der Waals surface area contributed by atoms with Crippen LogP contribution in [0.1, 0.15) is 12.5 Å². The van der Waals surface area contributed by atoms with Gasteiger partial charge < -0.3 is 28.7 Å². The summed E-state index contributed by atoms with van der Waals surface area (Å²) in [5.41, 5.74) is -0.518. The van der Waals surface area contributed by atoms with E-state index < -0.39 is 35.9 Å². The number of benzene rings is 2. The molecule has 1 atom stereocenters. The van der Waals surface area contributed by atoms with Gasteiger partial charge >= 0.3 is 18.4 Å².